The molecule has 2 fully saturated rings. The number of amides is 1. The Hall–Kier alpha value is -3.99. The van der Waals surface area contributed by atoms with Crippen LogP contribution in [0.1, 0.15) is 38.1 Å². The Bertz CT molecular complexity index is 1460. The third-order valence-corrected chi connectivity index (χ3v) is 9.34. The topological polar surface area (TPSA) is 295 Å². The molecule has 3 aliphatic rings. The first kappa shape index (κ1) is 42.0. The quantitative estimate of drug-likeness (QED) is 0.0255. The Morgan fingerprint density at radius 3 is 2.29 bits per heavy atom. The van der Waals surface area contributed by atoms with Gasteiger partial charge in [0.2, 0.25) is 5.91 Å². The van der Waals surface area contributed by atoms with E-state index >= 15 is 0 Å². The van der Waals surface area contributed by atoms with Crippen molar-refractivity contribution < 1.29 is 62.1 Å². The van der Waals surface area contributed by atoms with Gasteiger partial charge in [-0.2, -0.15) is 8.42 Å². The van der Waals surface area contributed by atoms with Gasteiger partial charge in [-0.3, -0.25) is 24.5 Å². The van der Waals surface area contributed by atoms with Crippen LogP contribution in [-0.4, -0.2) is 109 Å². The van der Waals surface area contributed by atoms with E-state index in [1.165, 1.54) is 23.6 Å². The fourth-order valence-electron chi connectivity index (χ4n) is 5.20. The van der Waals surface area contributed by atoms with E-state index in [4.69, 9.17) is 9.88 Å². The second kappa shape index (κ2) is 18.5. The number of hydrogen-bond acceptors (Lipinski definition) is 15. The number of nitrogens with two attached hydrogens (primary N) is 1. The number of nitrogens with one attached hydrogen (secondary N) is 2. The van der Waals surface area contributed by atoms with Crippen molar-refractivity contribution in [1.82, 2.24) is 14.9 Å². The number of rotatable bonds is 14. The molecular formula is C27H39N5O14S2. The molecule has 0 radical (unpaired) electrons. The highest BCUT2D eigenvalue weighted by molar-refractivity contribution is 8.03. The van der Waals surface area contributed by atoms with Gasteiger partial charge in [-0.15, -0.1) is 11.8 Å². The monoisotopic (exact) mass is 721 g/mol. The van der Waals surface area contributed by atoms with Crippen LogP contribution >= 0.6 is 11.8 Å². The molecule has 0 aromatic heterocycles. The highest BCUT2D eigenvalue weighted by Gasteiger charge is 2.60. The molecule has 4 rings (SSSR count). The number of aliphatic hydroxyl groups excluding tert-OH is 1. The lowest BCUT2D eigenvalue weighted by atomic mass is 9.79. The minimum absolute atomic E-state index is 0. The predicted molar refractivity (Wildman–Crippen MR) is 169 cm³/mol. The number of esters is 2. The molecule has 3 aliphatic heterocycles. The van der Waals surface area contributed by atoms with Crippen LogP contribution in [0.3, 0.4) is 0 Å². The maximum atomic E-state index is 13.2. The summed E-state index contributed by atoms with van der Waals surface area (Å²) in [5.41, 5.74) is -0.390. The molecule has 0 bridgehead atoms. The molecule has 0 saturated carbocycles. The van der Waals surface area contributed by atoms with Gasteiger partial charge in [0.05, 0.1) is 28.6 Å². The van der Waals surface area contributed by atoms with Crippen LogP contribution in [0.4, 0.5) is 5.69 Å². The number of thioether (sulfide) groups is 1. The Labute approximate surface area is 280 Å². The van der Waals surface area contributed by atoms with Gasteiger partial charge in [-0.1, -0.05) is 14.4 Å². The maximum Gasteiger partial charge on any atom is 0.363 e. The van der Waals surface area contributed by atoms with Crippen molar-refractivity contribution in [3.8, 4) is 0 Å². The van der Waals surface area contributed by atoms with Crippen molar-refractivity contribution in [3.05, 3.63) is 50.5 Å². The molecule has 0 unspecified atom stereocenters. The number of aliphatic hydroxyl groups is 1. The zero-order valence-corrected chi connectivity index (χ0v) is 26.7. The van der Waals surface area contributed by atoms with E-state index in [0.717, 1.165) is 24.3 Å². The summed E-state index contributed by atoms with van der Waals surface area (Å²) in [6, 6.07) is 3.85. The standard InChI is InChI=1S/C22H27N5O9S2.C4H6O4.CH4.H2O/c1-10-17-16(11(2)28)20(29)26(17)18(19(10)37-15-7-13(24-9-15)8-25-38(23,34)35)22(31)36-21(30)12-3-5-14(6-4-12)27(32)33;5-3-7-1-2-8-4-6;;/h3-6,10-11,13,15-17,24-25,28H,7-9H2,1-2H3,(H2,23,34,35);3-4H,1-2H2;1H4;1H2/t10-,11-,13+,15+,16-,17-;;;/m1.../s1. The molecule has 1 amide bonds. The average molecular weight is 722 g/mol. The first-order valence-electron chi connectivity index (χ1n) is 13.7. The Morgan fingerprint density at radius 1 is 1.21 bits per heavy atom. The molecule has 1 aromatic carbocycles. The smallest absolute Gasteiger partial charge is 0.363 e. The number of nitro benzene ring substituents is 1. The number of β-lactam (4-membered cyclic amide) rings is 1. The minimum Gasteiger partial charge on any atom is -0.464 e. The van der Waals surface area contributed by atoms with Crippen LogP contribution in [0.5, 0.6) is 0 Å². The van der Waals surface area contributed by atoms with Crippen molar-refractivity contribution in [1.29, 1.82) is 0 Å². The molecule has 19 nitrogen and oxygen atoms in total. The summed E-state index contributed by atoms with van der Waals surface area (Å²) >= 11 is 1.33. The fraction of sp³-hybridized carbons (Fsp3) is 0.519. The van der Waals surface area contributed by atoms with Crippen molar-refractivity contribution in [3.63, 3.8) is 0 Å². The molecule has 2 saturated heterocycles. The number of fused-ring (bicyclic) bond motifs is 1. The van der Waals surface area contributed by atoms with E-state index in [1.807, 2.05) is 6.92 Å². The largest absolute Gasteiger partial charge is 0.464 e. The van der Waals surface area contributed by atoms with Gasteiger partial charge in [0.1, 0.15) is 18.9 Å². The van der Waals surface area contributed by atoms with E-state index in [2.05, 4.69) is 19.5 Å². The molecule has 6 atom stereocenters. The molecule has 1 aromatic rings. The van der Waals surface area contributed by atoms with Crippen LogP contribution < -0.4 is 15.2 Å². The van der Waals surface area contributed by atoms with Gasteiger partial charge in [0, 0.05) is 47.3 Å². The van der Waals surface area contributed by atoms with E-state index in [9.17, 15) is 47.6 Å². The first-order chi connectivity index (χ1) is 21.7. The van der Waals surface area contributed by atoms with Gasteiger partial charge < -0.3 is 35.0 Å². The van der Waals surface area contributed by atoms with Gasteiger partial charge >= 0.3 is 11.9 Å². The Balaban J connectivity index is 0.00000103. The number of non-ortho nitro benzene ring substituents is 1. The lowest BCUT2D eigenvalue weighted by molar-refractivity contribution is -0.384. The number of nitrogens with zero attached hydrogens (tertiary/aromatic N) is 2. The van der Waals surface area contributed by atoms with Gasteiger partial charge in [0.15, 0.2) is 0 Å². The summed E-state index contributed by atoms with van der Waals surface area (Å²) in [6.45, 7) is 4.74. The summed E-state index contributed by atoms with van der Waals surface area (Å²) in [5, 5.41) is 29.1. The van der Waals surface area contributed by atoms with Crippen molar-refractivity contribution in [2.75, 3.05) is 26.3 Å². The molecule has 48 heavy (non-hydrogen) atoms. The zero-order chi connectivity index (χ0) is 34.2. The van der Waals surface area contributed by atoms with Crippen LogP contribution in [0.2, 0.25) is 0 Å². The van der Waals surface area contributed by atoms with Crippen molar-refractivity contribution in [2.24, 2.45) is 17.0 Å². The van der Waals surface area contributed by atoms with Crippen LogP contribution in [0.15, 0.2) is 34.9 Å². The van der Waals surface area contributed by atoms with Crippen LogP contribution in [-0.2, 0) is 43.6 Å². The maximum absolute atomic E-state index is 13.2. The highest BCUT2D eigenvalue weighted by atomic mass is 32.2. The van der Waals surface area contributed by atoms with Crippen molar-refractivity contribution in [2.45, 2.75) is 51.1 Å². The summed E-state index contributed by atoms with van der Waals surface area (Å²) in [6.07, 6.45) is -0.414. The van der Waals surface area contributed by atoms with E-state index in [0.29, 0.717) is 30.8 Å². The third kappa shape index (κ3) is 10.5. The second-order valence-electron chi connectivity index (χ2n) is 10.4. The SMILES string of the molecule is C.C[C@@H](O)[C@H]1C(=O)N2C(C(=O)OC(=O)c3ccc([N+](=O)[O-])cc3)=C(S[C@@H]3CN[C@H](CNS(N)(=O)=O)C3)[C@H](C)[C@H]12.O.O=COCCOC=O. The Morgan fingerprint density at radius 2 is 1.79 bits per heavy atom. The van der Waals surface area contributed by atoms with E-state index < -0.39 is 51.0 Å². The summed E-state index contributed by atoms with van der Waals surface area (Å²) < 4.78 is 38.1. The van der Waals surface area contributed by atoms with Gasteiger partial charge in [-0.25, -0.2) is 19.5 Å². The number of carbonyl (C=O) groups is 5. The number of ether oxygens (including phenoxy) is 3. The van der Waals surface area contributed by atoms with Crippen LogP contribution in [0, 0.1) is 22.0 Å². The summed E-state index contributed by atoms with van der Waals surface area (Å²) in [5.74, 6) is -3.59. The number of nitro groups is 1. The number of hydrogen-bond donors (Lipinski definition) is 4. The van der Waals surface area contributed by atoms with Crippen molar-refractivity contribution >= 4 is 58.4 Å². The summed E-state index contributed by atoms with van der Waals surface area (Å²) in [7, 11) is -3.85. The minimum atomic E-state index is -3.85. The second-order valence-corrected chi connectivity index (χ2v) is 13.1. The lowest BCUT2D eigenvalue weighted by Gasteiger charge is -2.46. The molecule has 21 heteroatoms. The van der Waals surface area contributed by atoms with Gasteiger partial charge in [-0.05, 0) is 25.5 Å². The number of carbonyl (C=O) groups excluding carboxylic acids is 5. The molecule has 3 heterocycles. The summed E-state index contributed by atoms with van der Waals surface area (Å²) in [4.78, 5) is 69.6. The third-order valence-electron chi connectivity index (χ3n) is 7.26. The molecule has 268 valence electrons. The zero-order valence-electron chi connectivity index (χ0n) is 25.1. The average Bonchev–Trinajstić information content (AvgIpc) is 3.54. The lowest BCUT2D eigenvalue weighted by Crippen LogP contribution is -2.63. The number of benzene rings is 1. The van der Waals surface area contributed by atoms with E-state index in [1.54, 1.807) is 0 Å². The highest BCUT2D eigenvalue weighted by Crippen LogP contribution is 2.52. The molecule has 7 N–H and O–H groups in total. The first-order valence-corrected chi connectivity index (χ1v) is 16.2. The Kier molecular flexibility index (Phi) is 16.2. The molecule has 0 aliphatic carbocycles. The van der Waals surface area contributed by atoms with Gasteiger partial charge in [0.25, 0.3) is 28.8 Å². The van der Waals surface area contributed by atoms with E-state index in [-0.39, 0.29) is 66.8 Å². The fourth-order valence-corrected chi connectivity index (χ4v) is 7.14. The predicted octanol–water partition coefficient (Wildman–Crippen LogP) is -1.25. The van der Waals surface area contributed by atoms with Crippen LogP contribution in [0.25, 0.3) is 0 Å². The molecular weight excluding hydrogens is 682 g/mol. The molecule has 0 spiro atoms. The normalized spacial score (nSPS) is 23.1.